The molecule has 1 saturated heterocycles. The lowest BCUT2D eigenvalue weighted by Crippen LogP contribution is -2.34. The number of hydrogen-bond donors (Lipinski definition) is 2. The molecule has 0 aliphatic carbocycles. The summed E-state index contributed by atoms with van der Waals surface area (Å²) in [5.41, 5.74) is 2.36. The molecule has 2 rings (SSSR count). The molecule has 0 aromatic heterocycles. The summed E-state index contributed by atoms with van der Waals surface area (Å²) in [6.07, 6.45) is 4.13. The quantitative estimate of drug-likeness (QED) is 0.803. The molecule has 1 atom stereocenters. The van der Waals surface area contributed by atoms with Gasteiger partial charge in [0.15, 0.2) is 0 Å². The van der Waals surface area contributed by atoms with Gasteiger partial charge in [0.1, 0.15) is 0 Å². The molecule has 1 aliphatic heterocycles. The molecule has 1 unspecified atom stereocenters. The van der Waals surface area contributed by atoms with E-state index >= 15 is 0 Å². The summed E-state index contributed by atoms with van der Waals surface area (Å²) in [4.78, 5) is 14.3. The number of rotatable bonds is 7. The first kappa shape index (κ1) is 18.1. The summed E-state index contributed by atoms with van der Waals surface area (Å²) in [6.45, 7) is 4.87. The molecule has 1 aliphatic rings. The number of benzene rings is 1. The first-order valence-electron chi connectivity index (χ1n) is 8.35. The Balaban J connectivity index is 1.82. The van der Waals surface area contributed by atoms with Gasteiger partial charge in [0.05, 0.1) is 0 Å². The lowest BCUT2D eigenvalue weighted by molar-refractivity contribution is -0.124. The van der Waals surface area contributed by atoms with Crippen LogP contribution in [0.3, 0.4) is 0 Å². The molecule has 0 spiro atoms. The summed E-state index contributed by atoms with van der Waals surface area (Å²) < 4.78 is 0. The molecule has 1 aromatic carbocycles. The van der Waals surface area contributed by atoms with Crippen molar-refractivity contribution in [2.24, 2.45) is 11.8 Å². The number of amides is 1. The number of anilines is 1. The highest BCUT2D eigenvalue weighted by molar-refractivity contribution is 7.98. The first-order valence-corrected chi connectivity index (χ1v) is 9.74. The zero-order valence-corrected chi connectivity index (χ0v) is 14.9. The minimum Gasteiger partial charge on any atom is -0.396 e. The summed E-state index contributed by atoms with van der Waals surface area (Å²) in [7, 11) is 0. The standard InChI is InChI=1S/C18H28N2O2S/c1-14(13-23-2)18(22)19-11-15-3-5-17(6-4-15)20-9-7-16(12-21)8-10-20/h3-6,14,16,21H,7-13H2,1-2H3,(H,19,22). The van der Waals surface area contributed by atoms with E-state index in [1.807, 2.05) is 13.2 Å². The third kappa shape index (κ3) is 5.43. The van der Waals surface area contributed by atoms with Gasteiger partial charge in [0, 0.05) is 43.6 Å². The van der Waals surface area contributed by atoms with Crippen LogP contribution in [0.25, 0.3) is 0 Å². The van der Waals surface area contributed by atoms with Gasteiger partial charge in [0.2, 0.25) is 5.91 Å². The molecule has 1 fully saturated rings. The van der Waals surface area contributed by atoms with Crippen molar-refractivity contribution < 1.29 is 9.90 Å². The topological polar surface area (TPSA) is 52.6 Å². The number of carbonyl (C=O) groups excluding carboxylic acids is 1. The Kier molecular flexibility index (Phi) is 7.24. The number of hydrogen-bond acceptors (Lipinski definition) is 4. The molecule has 0 bridgehead atoms. The molecule has 5 heteroatoms. The van der Waals surface area contributed by atoms with Gasteiger partial charge in [-0.15, -0.1) is 0 Å². The maximum atomic E-state index is 11.9. The van der Waals surface area contributed by atoms with E-state index in [2.05, 4.69) is 34.5 Å². The molecule has 2 N–H and O–H groups in total. The van der Waals surface area contributed by atoms with Crippen LogP contribution in [0.5, 0.6) is 0 Å². The van der Waals surface area contributed by atoms with Crippen LogP contribution in [0, 0.1) is 11.8 Å². The molecule has 128 valence electrons. The third-order valence-electron chi connectivity index (χ3n) is 4.51. The Morgan fingerprint density at radius 3 is 2.57 bits per heavy atom. The van der Waals surface area contributed by atoms with Crippen LogP contribution in [-0.2, 0) is 11.3 Å². The minimum absolute atomic E-state index is 0.0529. The summed E-state index contributed by atoms with van der Waals surface area (Å²) in [5.74, 6) is 1.49. The van der Waals surface area contributed by atoms with Crippen molar-refractivity contribution in [3.8, 4) is 0 Å². The lowest BCUT2D eigenvalue weighted by atomic mass is 9.97. The van der Waals surface area contributed by atoms with Gasteiger partial charge in [0.25, 0.3) is 0 Å². The van der Waals surface area contributed by atoms with Gasteiger partial charge in [-0.05, 0) is 42.7 Å². The average molecular weight is 337 g/mol. The van der Waals surface area contributed by atoms with Gasteiger partial charge in [-0.3, -0.25) is 4.79 Å². The van der Waals surface area contributed by atoms with Gasteiger partial charge in [-0.1, -0.05) is 19.1 Å². The zero-order valence-electron chi connectivity index (χ0n) is 14.1. The van der Waals surface area contributed by atoms with E-state index in [0.717, 1.165) is 37.2 Å². The van der Waals surface area contributed by atoms with Crippen LogP contribution >= 0.6 is 11.8 Å². The van der Waals surface area contributed by atoms with Crippen LogP contribution < -0.4 is 10.2 Å². The van der Waals surface area contributed by atoms with E-state index in [1.54, 1.807) is 11.8 Å². The normalized spacial score (nSPS) is 17.1. The lowest BCUT2D eigenvalue weighted by Gasteiger charge is -2.33. The first-order chi connectivity index (χ1) is 11.1. The molecular formula is C18H28N2O2S. The second kappa shape index (κ2) is 9.18. The fraction of sp³-hybridized carbons (Fsp3) is 0.611. The average Bonchev–Trinajstić information content (AvgIpc) is 2.60. The Morgan fingerprint density at radius 2 is 2.00 bits per heavy atom. The molecular weight excluding hydrogens is 308 g/mol. The van der Waals surface area contributed by atoms with E-state index in [-0.39, 0.29) is 11.8 Å². The molecule has 0 saturated carbocycles. The maximum Gasteiger partial charge on any atom is 0.223 e. The number of piperidine rings is 1. The van der Waals surface area contributed by atoms with Gasteiger partial charge in [-0.25, -0.2) is 0 Å². The molecule has 1 aromatic rings. The van der Waals surface area contributed by atoms with Crippen LogP contribution in [0.15, 0.2) is 24.3 Å². The largest absolute Gasteiger partial charge is 0.396 e. The molecule has 0 radical (unpaired) electrons. The Morgan fingerprint density at radius 1 is 1.35 bits per heavy atom. The molecule has 1 heterocycles. The summed E-state index contributed by atoms with van der Waals surface area (Å²) in [6, 6.07) is 8.44. The predicted molar refractivity (Wildman–Crippen MR) is 97.9 cm³/mol. The smallest absolute Gasteiger partial charge is 0.223 e. The second-order valence-electron chi connectivity index (χ2n) is 6.35. The van der Waals surface area contributed by atoms with Crippen LogP contribution in [0.1, 0.15) is 25.3 Å². The van der Waals surface area contributed by atoms with Crippen molar-refractivity contribution in [2.75, 3.05) is 36.6 Å². The summed E-state index contributed by atoms with van der Waals surface area (Å²) >= 11 is 1.70. The van der Waals surface area contributed by atoms with Crippen molar-refractivity contribution in [3.05, 3.63) is 29.8 Å². The SMILES string of the molecule is CSCC(C)C(=O)NCc1ccc(N2CCC(CO)CC2)cc1. The van der Waals surface area contributed by atoms with Crippen molar-refractivity contribution in [2.45, 2.75) is 26.3 Å². The highest BCUT2D eigenvalue weighted by Gasteiger charge is 2.18. The fourth-order valence-corrected chi connectivity index (χ4v) is 3.54. The second-order valence-corrected chi connectivity index (χ2v) is 7.26. The molecule has 23 heavy (non-hydrogen) atoms. The third-order valence-corrected chi connectivity index (χ3v) is 5.34. The van der Waals surface area contributed by atoms with E-state index in [4.69, 9.17) is 0 Å². The Labute approximate surface area is 143 Å². The van der Waals surface area contributed by atoms with Gasteiger partial charge >= 0.3 is 0 Å². The van der Waals surface area contributed by atoms with Crippen molar-refractivity contribution in [3.63, 3.8) is 0 Å². The number of aliphatic hydroxyl groups is 1. The van der Waals surface area contributed by atoms with Crippen LogP contribution in [0.4, 0.5) is 5.69 Å². The van der Waals surface area contributed by atoms with E-state index in [1.165, 1.54) is 5.69 Å². The minimum atomic E-state index is 0.0529. The zero-order chi connectivity index (χ0) is 16.7. The maximum absolute atomic E-state index is 11.9. The Bertz CT molecular complexity index is 484. The predicted octanol–water partition coefficient (Wildman–Crippen LogP) is 2.51. The van der Waals surface area contributed by atoms with Crippen molar-refractivity contribution >= 4 is 23.4 Å². The fourth-order valence-electron chi connectivity index (χ4n) is 2.89. The van der Waals surface area contributed by atoms with E-state index in [0.29, 0.717) is 19.1 Å². The Hall–Kier alpha value is -1.20. The summed E-state index contributed by atoms with van der Waals surface area (Å²) in [5, 5.41) is 12.2. The van der Waals surface area contributed by atoms with Gasteiger partial charge in [-0.2, -0.15) is 11.8 Å². The van der Waals surface area contributed by atoms with Crippen molar-refractivity contribution in [1.29, 1.82) is 0 Å². The number of aliphatic hydroxyl groups excluding tert-OH is 1. The number of carbonyl (C=O) groups is 1. The van der Waals surface area contributed by atoms with E-state index < -0.39 is 0 Å². The van der Waals surface area contributed by atoms with E-state index in [9.17, 15) is 9.90 Å². The van der Waals surface area contributed by atoms with Gasteiger partial charge < -0.3 is 15.3 Å². The highest BCUT2D eigenvalue weighted by atomic mass is 32.2. The molecule has 4 nitrogen and oxygen atoms in total. The number of nitrogens with zero attached hydrogens (tertiary/aromatic N) is 1. The van der Waals surface area contributed by atoms with Crippen LogP contribution in [-0.4, -0.2) is 42.7 Å². The number of thioether (sulfide) groups is 1. The number of nitrogens with one attached hydrogen (secondary N) is 1. The van der Waals surface area contributed by atoms with Crippen LogP contribution in [0.2, 0.25) is 0 Å². The van der Waals surface area contributed by atoms with Crippen molar-refractivity contribution in [1.82, 2.24) is 5.32 Å². The monoisotopic (exact) mass is 336 g/mol. The molecule has 1 amide bonds. The highest BCUT2D eigenvalue weighted by Crippen LogP contribution is 2.23.